The minimum absolute atomic E-state index is 0.171. The van der Waals surface area contributed by atoms with Crippen LogP contribution in [0.15, 0.2) is 4.47 Å². The molecule has 2 rings (SSSR count). The lowest BCUT2D eigenvalue weighted by Crippen LogP contribution is -2.47. The molecule has 1 fully saturated rings. The number of hydrogen-bond acceptors (Lipinski definition) is 3. The van der Waals surface area contributed by atoms with Crippen LogP contribution in [-0.4, -0.2) is 33.1 Å². The van der Waals surface area contributed by atoms with Crippen LogP contribution >= 0.6 is 15.9 Å². The molecule has 1 atom stereocenters. The predicted molar refractivity (Wildman–Crippen MR) is 75.7 cm³/mol. The summed E-state index contributed by atoms with van der Waals surface area (Å²) in [6.07, 6.45) is 3.36. The van der Waals surface area contributed by atoms with Crippen LogP contribution < -0.4 is 5.32 Å². The van der Waals surface area contributed by atoms with E-state index in [-0.39, 0.29) is 12.1 Å². The number of aliphatic hydroxyl groups is 1. The van der Waals surface area contributed by atoms with Crippen molar-refractivity contribution in [2.24, 2.45) is 0 Å². The zero-order valence-electron chi connectivity index (χ0n) is 11.3. The second-order valence-corrected chi connectivity index (χ2v) is 6.39. The summed E-state index contributed by atoms with van der Waals surface area (Å²) in [4.78, 5) is 0. The molecule has 0 bridgehead atoms. The molecule has 1 aromatic heterocycles. The second kappa shape index (κ2) is 5.31. The van der Waals surface area contributed by atoms with Crippen LogP contribution in [0.1, 0.15) is 37.6 Å². The first-order valence-electron chi connectivity index (χ1n) is 6.53. The van der Waals surface area contributed by atoms with Crippen molar-refractivity contribution in [3.05, 3.63) is 15.9 Å². The Balaban J connectivity index is 1.98. The zero-order chi connectivity index (χ0) is 13.3. The fourth-order valence-corrected chi connectivity index (χ4v) is 2.45. The van der Waals surface area contributed by atoms with E-state index < -0.39 is 0 Å². The Labute approximate surface area is 117 Å². The molecule has 1 aliphatic carbocycles. The van der Waals surface area contributed by atoms with Gasteiger partial charge in [0.15, 0.2) is 0 Å². The van der Waals surface area contributed by atoms with Gasteiger partial charge in [-0.15, -0.1) is 0 Å². The van der Waals surface area contributed by atoms with E-state index in [4.69, 9.17) is 0 Å². The SMILES string of the molecule is Cc1nn(CCC(C)(CO)NC2CC2)c(C)c1Br. The maximum Gasteiger partial charge on any atom is 0.0738 e. The van der Waals surface area contributed by atoms with Crippen LogP contribution in [-0.2, 0) is 6.54 Å². The molecule has 1 heterocycles. The van der Waals surface area contributed by atoms with Gasteiger partial charge in [-0.25, -0.2) is 0 Å². The third-order valence-corrected chi connectivity index (χ3v) is 4.80. The highest BCUT2D eigenvalue weighted by Gasteiger charge is 2.31. The Morgan fingerprint density at radius 1 is 1.50 bits per heavy atom. The highest BCUT2D eigenvalue weighted by molar-refractivity contribution is 9.10. The summed E-state index contributed by atoms with van der Waals surface area (Å²) in [7, 11) is 0. The monoisotopic (exact) mass is 315 g/mol. The molecular formula is C13H22BrN3O. The first-order valence-corrected chi connectivity index (χ1v) is 7.32. The maximum atomic E-state index is 9.57. The minimum atomic E-state index is -0.195. The summed E-state index contributed by atoms with van der Waals surface area (Å²) in [6.45, 7) is 7.15. The van der Waals surface area contributed by atoms with Gasteiger partial charge in [0.25, 0.3) is 0 Å². The fourth-order valence-electron chi connectivity index (χ4n) is 2.16. The molecule has 1 aromatic rings. The molecule has 1 aliphatic rings. The molecule has 0 spiro atoms. The molecule has 0 radical (unpaired) electrons. The van der Waals surface area contributed by atoms with Gasteiger partial charge in [-0.1, -0.05) is 0 Å². The van der Waals surface area contributed by atoms with Crippen LogP contribution in [0.5, 0.6) is 0 Å². The predicted octanol–water partition coefficient (Wildman–Crippen LogP) is 2.16. The Hall–Kier alpha value is -0.390. The minimum Gasteiger partial charge on any atom is -0.394 e. The van der Waals surface area contributed by atoms with E-state index in [0.717, 1.165) is 28.8 Å². The van der Waals surface area contributed by atoms with E-state index in [9.17, 15) is 5.11 Å². The standard InChI is InChI=1S/C13H22BrN3O/c1-9-12(14)10(2)17(16-9)7-6-13(3,8-18)15-11-4-5-11/h11,15,18H,4-8H2,1-3H3. The van der Waals surface area contributed by atoms with Gasteiger partial charge in [0, 0.05) is 23.8 Å². The largest absolute Gasteiger partial charge is 0.394 e. The third kappa shape index (κ3) is 3.13. The number of rotatable bonds is 6. The Morgan fingerprint density at radius 3 is 2.61 bits per heavy atom. The van der Waals surface area contributed by atoms with Crippen molar-refractivity contribution in [2.75, 3.05) is 6.61 Å². The van der Waals surface area contributed by atoms with Crippen molar-refractivity contribution in [1.29, 1.82) is 0 Å². The molecule has 0 aromatic carbocycles. The van der Waals surface area contributed by atoms with Gasteiger partial charge in [-0.3, -0.25) is 4.68 Å². The number of aryl methyl sites for hydroxylation is 2. The molecule has 0 saturated heterocycles. The first kappa shape index (κ1) is 14.0. The van der Waals surface area contributed by atoms with Gasteiger partial charge < -0.3 is 10.4 Å². The van der Waals surface area contributed by atoms with Gasteiger partial charge >= 0.3 is 0 Å². The second-order valence-electron chi connectivity index (χ2n) is 5.60. The van der Waals surface area contributed by atoms with E-state index in [0.29, 0.717) is 6.04 Å². The molecule has 18 heavy (non-hydrogen) atoms. The van der Waals surface area contributed by atoms with E-state index in [1.165, 1.54) is 12.8 Å². The maximum absolute atomic E-state index is 9.57. The van der Waals surface area contributed by atoms with E-state index in [2.05, 4.69) is 40.2 Å². The molecule has 2 N–H and O–H groups in total. The average Bonchev–Trinajstić information content (AvgIpc) is 3.11. The smallest absolute Gasteiger partial charge is 0.0738 e. The number of aliphatic hydroxyl groups excluding tert-OH is 1. The number of aromatic nitrogens is 2. The molecule has 1 unspecified atom stereocenters. The van der Waals surface area contributed by atoms with Crippen molar-refractivity contribution >= 4 is 15.9 Å². The fraction of sp³-hybridized carbons (Fsp3) is 0.769. The number of halogens is 1. The van der Waals surface area contributed by atoms with Crippen LogP contribution in [0.25, 0.3) is 0 Å². The van der Waals surface area contributed by atoms with E-state index in [1.54, 1.807) is 0 Å². The number of hydrogen-bond donors (Lipinski definition) is 2. The number of nitrogens with one attached hydrogen (secondary N) is 1. The highest BCUT2D eigenvalue weighted by Crippen LogP contribution is 2.25. The van der Waals surface area contributed by atoms with Gasteiger partial charge in [0.05, 0.1) is 16.8 Å². The van der Waals surface area contributed by atoms with Crippen molar-refractivity contribution in [1.82, 2.24) is 15.1 Å². The lowest BCUT2D eigenvalue weighted by Gasteiger charge is -2.29. The summed E-state index contributed by atoms with van der Waals surface area (Å²) in [6, 6.07) is 0.606. The van der Waals surface area contributed by atoms with Gasteiger partial charge in [-0.05, 0) is 56.0 Å². The molecule has 5 heteroatoms. The molecule has 1 saturated carbocycles. The summed E-state index contributed by atoms with van der Waals surface area (Å²) in [5.74, 6) is 0. The summed E-state index contributed by atoms with van der Waals surface area (Å²) in [5.41, 5.74) is 1.98. The van der Waals surface area contributed by atoms with E-state index >= 15 is 0 Å². The van der Waals surface area contributed by atoms with Crippen LogP contribution in [0.2, 0.25) is 0 Å². The van der Waals surface area contributed by atoms with Gasteiger partial charge in [0.2, 0.25) is 0 Å². The topological polar surface area (TPSA) is 50.1 Å². The van der Waals surface area contributed by atoms with Crippen molar-refractivity contribution in [3.8, 4) is 0 Å². The summed E-state index contributed by atoms with van der Waals surface area (Å²) < 4.78 is 3.10. The molecule has 0 amide bonds. The van der Waals surface area contributed by atoms with Gasteiger partial charge in [0.1, 0.15) is 0 Å². The van der Waals surface area contributed by atoms with Gasteiger partial charge in [-0.2, -0.15) is 5.10 Å². The Kier molecular flexibility index (Phi) is 4.14. The van der Waals surface area contributed by atoms with Crippen LogP contribution in [0.3, 0.4) is 0 Å². The third-order valence-electron chi connectivity index (χ3n) is 3.65. The summed E-state index contributed by atoms with van der Waals surface area (Å²) in [5, 5.41) is 17.6. The molecule has 4 nitrogen and oxygen atoms in total. The quantitative estimate of drug-likeness (QED) is 0.845. The summed E-state index contributed by atoms with van der Waals surface area (Å²) >= 11 is 3.54. The molecule has 0 aliphatic heterocycles. The average molecular weight is 316 g/mol. The van der Waals surface area contributed by atoms with Crippen molar-refractivity contribution in [2.45, 2.75) is 58.2 Å². The lowest BCUT2D eigenvalue weighted by atomic mass is 9.99. The number of nitrogens with zero attached hydrogens (tertiary/aromatic N) is 2. The zero-order valence-corrected chi connectivity index (χ0v) is 12.9. The van der Waals surface area contributed by atoms with Crippen molar-refractivity contribution < 1.29 is 5.11 Å². The first-order chi connectivity index (χ1) is 8.45. The Bertz CT molecular complexity index is 428. The lowest BCUT2D eigenvalue weighted by molar-refractivity contribution is 0.157. The Morgan fingerprint density at radius 2 is 2.17 bits per heavy atom. The van der Waals surface area contributed by atoms with Crippen LogP contribution in [0, 0.1) is 13.8 Å². The highest BCUT2D eigenvalue weighted by atomic mass is 79.9. The van der Waals surface area contributed by atoms with Crippen molar-refractivity contribution in [3.63, 3.8) is 0 Å². The molecule has 102 valence electrons. The normalized spacial score (nSPS) is 18.9. The molecular weight excluding hydrogens is 294 g/mol. The van der Waals surface area contributed by atoms with Crippen LogP contribution in [0.4, 0.5) is 0 Å². The van der Waals surface area contributed by atoms with E-state index in [1.807, 2.05) is 11.6 Å².